The van der Waals surface area contributed by atoms with E-state index in [0.29, 0.717) is 46.6 Å². The highest BCUT2D eigenvalue weighted by atomic mass is 79.9. The lowest BCUT2D eigenvalue weighted by atomic mass is 10.1. The van der Waals surface area contributed by atoms with Crippen LogP contribution in [0.3, 0.4) is 0 Å². The Bertz CT molecular complexity index is 1590. The van der Waals surface area contributed by atoms with Crippen LogP contribution in [0.2, 0.25) is 25.7 Å². The summed E-state index contributed by atoms with van der Waals surface area (Å²) in [5.41, 5.74) is 1.98. The van der Waals surface area contributed by atoms with Gasteiger partial charge in [-0.2, -0.15) is 0 Å². The van der Waals surface area contributed by atoms with E-state index in [-0.39, 0.29) is 23.9 Å². The number of hydrogen-bond donors (Lipinski definition) is 0. The fraction of sp³-hybridized carbons (Fsp3) is 0.444. The summed E-state index contributed by atoms with van der Waals surface area (Å²) in [6, 6.07) is 10.4. The Hall–Kier alpha value is -2.27. The van der Waals surface area contributed by atoms with Crippen LogP contribution < -0.4 is 15.9 Å². The number of aromatic nitrogens is 3. The van der Waals surface area contributed by atoms with Gasteiger partial charge in [0.1, 0.15) is 23.7 Å². The lowest BCUT2D eigenvalue weighted by Gasteiger charge is -2.18. The van der Waals surface area contributed by atoms with Gasteiger partial charge in [0.15, 0.2) is 0 Å². The Morgan fingerprint density at radius 1 is 1.19 bits per heavy atom. The molecule has 2 aromatic heterocycles. The molecule has 0 amide bonds. The molecule has 1 aliphatic heterocycles. The highest BCUT2D eigenvalue weighted by Crippen LogP contribution is 2.34. The number of fused-ring (bicyclic) bond motifs is 3. The quantitative estimate of drug-likeness (QED) is 0.189. The molecule has 1 atom stereocenters. The van der Waals surface area contributed by atoms with Gasteiger partial charge in [-0.25, -0.2) is 4.98 Å². The number of ether oxygens (including phenoxy) is 2. The zero-order valence-corrected chi connectivity index (χ0v) is 25.1. The van der Waals surface area contributed by atoms with Crippen molar-refractivity contribution in [3.8, 4) is 17.0 Å². The minimum absolute atomic E-state index is 0.0131. The van der Waals surface area contributed by atoms with E-state index >= 15 is 0 Å². The molecule has 196 valence electrons. The molecule has 10 heteroatoms. The van der Waals surface area contributed by atoms with E-state index in [1.807, 2.05) is 34.3 Å². The summed E-state index contributed by atoms with van der Waals surface area (Å²) in [6.45, 7) is 10.2. The smallest absolute Gasteiger partial charge is 0.279 e. The van der Waals surface area contributed by atoms with Crippen molar-refractivity contribution in [2.45, 2.75) is 64.6 Å². The van der Waals surface area contributed by atoms with Crippen LogP contribution in [-0.4, -0.2) is 34.8 Å². The lowest BCUT2D eigenvalue weighted by Crippen LogP contribution is -2.27. The fourth-order valence-corrected chi connectivity index (χ4v) is 6.96. The summed E-state index contributed by atoms with van der Waals surface area (Å²) in [4.78, 5) is 32.1. The van der Waals surface area contributed by atoms with Crippen molar-refractivity contribution in [1.82, 2.24) is 13.5 Å². The second-order valence-electron chi connectivity index (χ2n) is 10.9. The van der Waals surface area contributed by atoms with Crippen LogP contribution in [-0.2, 0) is 11.5 Å². The molecule has 0 N–H and O–H groups in total. The van der Waals surface area contributed by atoms with Crippen molar-refractivity contribution in [1.29, 1.82) is 0 Å². The molecule has 4 aromatic rings. The van der Waals surface area contributed by atoms with E-state index in [1.54, 1.807) is 4.57 Å². The molecule has 3 heterocycles. The molecule has 0 radical (unpaired) electrons. The first kappa shape index (κ1) is 26.3. The van der Waals surface area contributed by atoms with Gasteiger partial charge in [-0.3, -0.25) is 18.1 Å². The van der Waals surface area contributed by atoms with Gasteiger partial charge >= 0.3 is 0 Å². The molecule has 5 rings (SSSR count). The van der Waals surface area contributed by atoms with Gasteiger partial charge in [-0.1, -0.05) is 59.2 Å². The predicted molar refractivity (Wildman–Crippen MR) is 157 cm³/mol. The van der Waals surface area contributed by atoms with Crippen molar-refractivity contribution in [3.05, 3.63) is 55.5 Å². The first-order valence-corrected chi connectivity index (χ1v) is 18.0. The molecular weight excluding hydrogens is 570 g/mol. The zero-order valence-electron chi connectivity index (χ0n) is 21.7. The minimum Gasteiger partial charge on any atom is -0.491 e. The van der Waals surface area contributed by atoms with E-state index in [1.165, 1.54) is 11.5 Å². The van der Waals surface area contributed by atoms with Crippen molar-refractivity contribution >= 4 is 56.7 Å². The highest BCUT2D eigenvalue weighted by molar-refractivity contribution is 9.10. The molecule has 1 aliphatic rings. The molecule has 2 aromatic carbocycles. The minimum atomic E-state index is -1.28. The Morgan fingerprint density at radius 3 is 2.78 bits per heavy atom. The van der Waals surface area contributed by atoms with Gasteiger partial charge in [0.2, 0.25) is 0 Å². The SMILES string of the molecule is CC1CCCCOc2cc(Br)cc3c2nc(c(=O)n3COCC[Si](C)(C)C)-c2cccc3c(=O)n1sc23. The number of rotatable bonds is 5. The average molecular weight is 603 g/mol. The Morgan fingerprint density at radius 2 is 2.00 bits per heavy atom. The maximum absolute atomic E-state index is 14.0. The van der Waals surface area contributed by atoms with Gasteiger partial charge in [-0.15, -0.1) is 0 Å². The van der Waals surface area contributed by atoms with Crippen LogP contribution in [0, 0.1) is 0 Å². The molecule has 1 unspecified atom stereocenters. The van der Waals surface area contributed by atoms with E-state index < -0.39 is 8.07 Å². The molecule has 37 heavy (non-hydrogen) atoms. The monoisotopic (exact) mass is 601 g/mol. The van der Waals surface area contributed by atoms with E-state index in [9.17, 15) is 9.59 Å². The molecule has 7 nitrogen and oxygen atoms in total. The Balaban J connectivity index is 1.75. The van der Waals surface area contributed by atoms with Crippen LogP contribution in [0.4, 0.5) is 0 Å². The zero-order chi connectivity index (χ0) is 26.3. The largest absolute Gasteiger partial charge is 0.491 e. The normalized spacial score (nSPS) is 16.4. The molecule has 4 bridgehead atoms. The van der Waals surface area contributed by atoms with Crippen LogP contribution in [0.15, 0.2) is 44.4 Å². The summed E-state index contributed by atoms with van der Waals surface area (Å²) in [5, 5.41) is 0.621. The van der Waals surface area contributed by atoms with Gasteiger partial charge in [0.25, 0.3) is 11.1 Å². The van der Waals surface area contributed by atoms with Crippen molar-refractivity contribution in [2.24, 2.45) is 0 Å². The summed E-state index contributed by atoms with van der Waals surface area (Å²) >= 11 is 5.02. The second kappa shape index (κ2) is 10.5. The number of nitrogens with zero attached hydrogens (tertiary/aromatic N) is 3. The topological polar surface area (TPSA) is 75.3 Å². The third kappa shape index (κ3) is 5.34. The highest BCUT2D eigenvalue weighted by Gasteiger charge is 2.22. The third-order valence-electron chi connectivity index (χ3n) is 6.76. The Kier molecular flexibility index (Phi) is 7.46. The number of hydrogen-bond acceptors (Lipinski definition) is 6. The molecule has 0 saturated carbocycles. The summed E-state index contributed by atoms with van der Waals surface area (Å²) in [7, 11) is -1.28. The van der Waals surface area contributed by atoms with Gasteiger partial charge in [0.05, 0.1) is 22.2 Å². The van der Waals surface area contributed by atoms with Crippen molar-refractivity contribution in [2.75, 3.05) is 13.2 Å². The van der Waals surface area contributed by atoms with Crippen molar-refractivity contribution < 1.29 is 9.47 Å². The third-order valence-corrected chi connectivity index (χ3v) is 10.3. The maximum Gasteiger partial charge on any atom is 0.279 e. The number of halogens is 1. The average Bonchev–Trinajstić information content (AvgIpc) is 3.18. The van der Waals surface area contributed by atoms with E-state index in [0.717, 1.165) is 34.5 Å². The van der Waals surface area contributed by atoms with Crippen LogP contribution >= 0.6 is 27.5 Å². The van der Waals surface area contributed by atoms with Gasteiger partial charge in [-0.05, 0) is 50.4 Å². The van der Waals surface area contributed by atoms with Gasteiger partial charge in [0, 0.05) is 30.8 Å². The number of benzene rings is 2. The predicted octanol–water partition coefficient (Wildman–Crippen LogP) is 6.64. The first-order valence-electron chi connectivity index (χ1n) is 12.7. The molecule has 0 fully saturated rings. The summed E-state index contributed by atoms with van der Waals surface area (Å²) in [6.07, 6.45) is 2.68. The molecule has 0 saturated heterocycles. The molecule has 0 aliphatic carbocycles. The van der Waals surface area contributed by atoms with Gasteiger partial charge < -0.3 is 9.47 Å². The molecule has 0 spiro atoms. The molecular formula is C27H32BrN3O4SSi. The Labute approximate surface area is 229 Å². The first-order chi connectivity index (χ1) is 17.6. The summed E-state index contributed by atoms with van der Waals surface area (Å²) < 4.78 is 17.3. The second-order valence-corrected chi connectivity index (χ2v) is 18.4. The van der Waals surface area contributed by atoms with Crippen molar-refractivity contribution in [3.63, 3.8) is 0 Å². The lowest BCUT2D eigenvalue weighted by molar-refractivity contribution is 0.0878. The van der Waals surface area contributed by atoms with Crippen LogP contribution in [0.1, 0.15) is 32.2 Å². The van der Waals surface area contributed by atoms with Crippen LogP contribution in [0.25, 0.3) is 32.4 Å². The fourth-order valence-electron chi connectivity index (χ4n) is 4.60. The van der Waals surface area contributed by atoms with E-state index in [2.05, 4.69) is 42.5 Å². The summed E-state index contributed by atoms with van der Waals surface area (Å²) in [5.74, 6) is 0.629. The maximum atomic E-state index is 14.0. The van der Waals surface area contributed by atoms with Crippen LogP contribution in [0.5, 0.6) is 5.75 Å². The standard InChI is InChI=1S/C27H32BrN3O4SSi/c1-17-8-5-6-11-35-22-15-18(28)14-21-24(22)29-23(27(33)30(21)16-34-12-13-37(2,3)4)19-9-7-10-20-25(19)36-31(17)26(20)32/h7,9-10,14-15,17H,5-6,8,11-13,16H2,1-4H3. The van der Waals surface area contributed by atoms with E-state index in [4.69, 9.17) is 14.5 Å².